The van der Waals surface area contributed by atoms with E-state index in [0.717, 1.165) is 5.56 Å². The molecule has 0 aliphatic rings. The Kier molecular flexibility index (Phi) is 7.05. The Morgan fingerprint density at radius 3 is 2.08 bits per heavy atom. The molecule has 4 rings (SSSR count). The molecular weight excluding hydrogens is 500 g/mol. The molecule has 1 heterocycles. The molecule has 0 aliphatic heterocycles. The molecule has 0 radical (unpaired) electrons. The molecule has 192 valence electrons. The smallest absolute Gasteiger partial charge is 0.294 e. The summed E-state index contributed by atoms with van der Waals surface area (Å²) in [7, 11) is 1.44. The zero-order valence-electron chi connectivity index (χ0n) is 19.7. The minimum absolute atomic E-state index is 0.144. The Morgan fingerprint density at radius 2 is 1.55 bits per heavy atom. The lowest BCUT2D eigenvalue weighted by molar-refractivity contribution is -0.580. The maximum absolute atomic E-state index is 12.0. The highest BCUT2D eigenvalue weighted by Crippen LogP contribution is 2.39. The predicted octanol–water partition coefficient (Wildman–Crippen LogP) is 3.88. The van der Waals surface area contributed by atoms with Crippen molar-refractivity contribution in [2.75, 3.05) is 7.11 Å². The summed E-state index contributed by atoms with van der Waals surface area (Å²) in [4.78, 5) is 32.4. The van der Waals surface area contributed by atoms with Crippen LogP contribution in [0.5, 0.6) is 5.75 Å². The summed E-state index contributed by atoms with van der Waals surface area (Å²) in [6.45, 7) is 0.287. The molecule has 4 aromatic rings. The van der Waals surface area contributed by atoms with Crippen molar-refractivity contribution in [1.82, 2.24) is 9.78 Å². The third kappa shape index (κ3) is 5.13. The highest BCUT2D eigenvalue weighted by Gasteiger charge is 2.37. The van der Waals surface area contributed by atoms with Gasteiger partial charge in [0.15, 0.2) is 17.0 Å². The van der Waals surface area contributed by atoms with E-state index < -0.39 is 43.2 Å². The van der Waals surface area contributed by atoms with Gasteiger partial charge in [-0.25, -0.2) is 0 Å². The number of non-ortho nitro benzene ring substituents is 1. The molecule has 0 saturated heterocycles. The van der Waals surface area contributed by atoms with Crippen LogP contribution in [0.25, 0.3) is 11.5 Å². The van der Waals surface area contributed by atoms with Crippen molar-refractivity contribution < 1.29 is 29.2 Å². The van der Waals surface area contributed by atoms with Crippen LogP contribution in [0.4, 0.5) is 17.1 Å². The van der Waals surface area contributed by atoms with Gasteiger partial charge in [0.05, 0.1) is 34.0 Å². The Hall–Kier alpha value is -5.66. The van der Waals surface area contributed by atoms with Crippen LogP contribution in [0.2, 0.25) is 0 Å². The highest BCUT2D eigenvalue weighted by molar-refractivity contribution is 5.89. The number of rotatable bonds is 9. The number of ether oxygens (including phenoxy) is 1. The van der Waals surface area contributed by atoms with Gasteiger partial charge in [0.2, 0.25) is 6.33 Å². The van der Waals surface area contributed by atoms with Gasteiger partial charge >= 0.3 is 0 Å². The van der Waals surface area contributed by atoms with Gasteiger partial charge in [-0.05, 0) is 29.8 Å². The van der Waals surface area contributed by atoms with E-state index in [2.05, 4.69) is 5.10 Å². The zero-order chi connectivity index (χ0) is 27.4. The van der Waals surface area contributed by atoms with Gasteiger partial charge in [-0.15, -0.1) is 4.68 Å². The van der Waals surface area contributed by atoms with Crippen molar-refractivity contribution in [3.63, 3.8) is 0 Å². The number of nitro benzene ring substituents is 3. The van der Waals surface area contributed by atoms with Crippen molar-refractivity contribution >= 4 is 28.5 Å². The van der Waals surface area contributed by atoms with Crippen LogP contribution in [0.3, 0.4) is 0 Å². The first-order chi connectivity index (χ1) is 18.2. The van der Waals surface area contributed by atoms with E-state index in [1.165, 1.54) is 53.3 Å². The molecule has 0 spiro atoms. The molecule has 0 aliphatic carbocycles. The molecule has 0 unspecified atom stereocenters. The quantitative estimate of drug-likeness (QED) is 0.113. The fourth-order valence-electron chi connectivity index (χ4n) is 3.78. The summed E-state index contributed by atoms with van der Waals surface area (Å²) in [5.74, 6) is -0.115. The summed E-state index contributed by atoms with van der Waals surface area (Å²) in [5.41, 5.74) is -2.72. The van der Waals surface area contributed by atoms with Gasteiger partial charge in [0.1, 0.15) is 12.3 Å². The van der Waals surface area contributed by atoms with Gasteiger partial charge < -0.3 is 9.84 Å². The van der Waals surface area contributed by atoms with Gasteiger partial charge in [0, 0.05) is 10.7 Å². The standard InChI is InChI=1S/C24H18N6O8/c1-38-19-9-7-17(8-10-19)24(31)23(26-14-25-27(15-26)13-16-5-3-2-4-6-16)22-20(29(34)35)11-18(28(32)33)12-21(22)30(36)37/h2-12,14-15H,13H2,1H3/p+1/b24-23+. The molecule has 1 aromatic heterocycles. The fourth-order valence-corrected chi connectivity index (χ4v) is 3.78. The molecular formula is C24H19N6O8+. The normalized spacial score (nSPS) is 11.5. The molecule has 0 bridgehead atoms. The first-order valence-corrected chi connectivity index (χ1v) is 10.9. The molecule has 0 amide bonds. The summed E-state index contributed by atoms with van der Waals surface area (Å²) >= 11 is 0. The maximum atomic E-state index is 12.0. The van der Waals surface area contributed by atoms with Gasteiger partial charge in [-0.2, -0.15) is 4.57 Å². The Morgan fingerprint density at radius 1 is 0.947 bits per heavy atom. The van der Waals surface area contributed by atoms with Crippen molar-refractivity contribution in [2.24, 2.45) is 0 Å². The lowest BCUT2D eigenvalue weighted by Gasteiger charge is -2.10. The van der Waals surface area contributed by atoms with E-state index in [9.17, 15) is 35.4 Å². The third-order valence-corrected chi connectivity index (χ3v) is 5.54. The summed E-state index contributed by atoms with van der Waals surface area (Å²) in [5, 5.41) is 50.9. The van der Waals surface area contributed by atoms with Crippen LogP contribution in [0.1, 0.15) is 16.7 Å². The number of aliphatic hydroxyl groups excluding tert-OH is 1. The summed E-state index contributed by atoms with van der Waals surface area (Å²) in [6, 6.07) is 16.4. The Balaban J connectivity index is 2.01. The first kappa shape index (κ1) is 25.4. The Labute approximate surface area is 213 Å². The highest BCUT2D eigenvalue weighted by atomic mass is 16.6. The Bertz CT molecular complexity index is 1530. The molecule has 0 atom stereocenters. The van der Waals surface area contributed by atoms with Crippen LogP contribution in [0, 0.1) is 30.3 Å². The minimum Gasteiger partial charge on any atom is -0.504 e. The average molecular weight is 519 g/mol. The first-order valence-electron chi connectivity index (χ1n) is 10.9. The van der Waals surface area contributed by atoms with Crippen LogP contribution in [-0.2, 0) is 6.54 Å². The van der Waals surface area contributed by atoms with E-state index >= 15 is 0 Å². The molecule has 14 nitrogen and oxygen atoms in total. The number of nitrogens with zero attached hydrogens (tertiary/aromatic N) is 6. The lowest BCUT2D eigenvalue weighted by Crippen LogP contribution is -2.32. The van der Waals surface area contributed by atoms with Gasteiger partial charge in [0.25, 0.3) is 23.4 Å². The third-order valence-electron chi connectivity index (χ3n) is 5.54. The number of aliphatic hydroxyl groups is 1. The molecule has 1 N–H and O–H groups in total. The second kappa shape index (κ2) is 10.5. The van der Waals surface area contributed by atoms with Crippen LogP contribution in [-0.4, -0.2) is 36.8 Å². The van der Waals surface area contributed by atoms with Crippen molar-refractivity contribution in [3.05, 3.63) is 126 Å². The van der Waals surface area contributed by atoms with Gasteiger partial charge in [-0.3, -0.25) is 30.3 Å². The SMILES string of the molecule is COc1ccc(/C(O)=C(/c2c([N+](=O)[O-])cc([N+](=O)[O-])cc2[N+](=O)[O-])[n+]2cnn(Cc3ccccc3)c2)cc1. The molecule has 0 saturated carbocycles. The average Bonchev–Trinajstić information content (AvgIpc) is 3.36. The predicted molar refractivity (Wildman–Crippen MR) is 132 cm³/mol. The minimum atomic E-state index is -0.981. The molecule has 3 aromatic carbocycles. The number of methoxy groups -OCH3 is 1. The summed E-state index contributed by atoms with van der Waals surface area (Å²) in [6.07, 6.45) is 2.60. The molecule has 14 heteroatoms. The van der Waals surface area contributed by atoms with E-state index in [1.54, 1.807) is 0 Å². The van der Waals surface area contributed by atoms with E-state index in [-0.39, 0.29) is 17.8 Å². The summed E-state index contributed by atoms with van der Waals surface area (Å²) < 4.78 is 7.76. The maximum Gasteiger partial charge on any atom is 0.294 e. The van der Waals surface area contributed by atoms with Crippen LogP contribution >= 0.6 is 0 Å². The fraction of sp³-hybridized carbons (Fsp3) is 0.0833. The van der Waals surface area contributed by atoms with E-state index in [1.807, 2.05) is 30.3 Å². The van der Waals surface area contributed by atoms with Crippen molar-refractivity contribution in [3.8, 4) is 5.75 Å². The largest absolute Gasteiger partial charge is 0.504 e. The number of hydrogen-bond donors (Lipinski definition) is 1. The molecule has 38 heavy (non-hydrogen) atoms. The second-order valence-electron chi connectivity index (χ2n) is 7.89. The van der Waals surface area contributed by atoms with Crippen molar-refractivity contribution in [2.45, 2.75) is 6.54 Å². The van der Waals surface area contributed by atoms with Crippen molar-refractivity contribution in [1.29, 1.82) is 0 Å². The van der Waals surface area contributed by atoms with Crippen LogP contribution < -0.4 is 9.30 Å². The number of aromatic nitrogens is 3. The number of hydrogen-bond acceptors (Lipinski definition) is 9. The topological polar surface area (TPSA) is 181 Å². The van der Waals surface area contributed by atoms with Gasteiger partial charge in [-0.1, -0.05) is 30.3 Å². The lowest BCUT2D eigenvalue weighted by atomic mass is 10.0. The number of nitro groups is 3. The van der Waals surface area contributed by atoms with E-state index in [0.29, 0.717) is 17.9 Å². The molecule has 0 fully saturated rings. The second-order valence-corrected chi connectivity index (χ2v) is 7.89. The monoisotopic (exact) mass is 519 g/mol. The van der Waals surface area contributed by atoms with Crippen LogP contribution in [0.15, 0.2) is 79.4 Å². The van der Waals surface area contributed by atoms with E-state index in [4.69, 9.17) is 4.74 Å². The number of benzene rings is 3. The zero-order valence-corrected chi connectivity index (χ0v) is 19.7.